The molecule has 6 heteroatoms. The summed E-state index contributed by atoms with van der Waals surface area (Å²) in [5.74, 6) is -0.0897. The lowest BCUT2D eigenvalue weighted by molar-refractivity contribution is -0.117. The maximum absolute atomic E-state index is 12.6. The quantitative estimate of drug-likeness (QED) is 0.737. The number of fused-ring (bicyclic) bond motifs is 3. The molecule has 25 heavy (non-hydrogen) atoms. The number of carbonyl (C=O) groups excluding carboxylic acids is 1. The van der Waals surface area contributed by atoms with Crippen molar-refractivity contribution in [2.45, 2.75) is 19.0 Å². The Kier molecular flexibility index (Phi) is 3.73. The van der Waals surface area contributed by atoms with Gasteiger partial charge >= 0.3 is 0 Å². The summed E-state index contributed by atoms with van der Waals surface area (Å²) in [5, 5.41) is 11.4. The molecule has 0 bridgehead atoms. The first-order valence-electron chi connectivity index (χ1n) is 8.03. The zero-order valence-corrected chi connectivity index (χ0v) is 14.4. The average Bonchev–Trinajstić information content (AvgIpc) is 3.06. The van der Waals surface area contributed by atoms with E-state index in [1.807, 2.05) is 66.2 Å². The zero-order chi connectivity index (χ0) is 17.4. The van der Waals surface area contributed by atoms with Crippen LogP contribution < -0.4 is 10.6 Å². The van der Waals surface area contributed by atoms with Gasteiger partial charge in [0.1, 0.15) is 5.66 Å². The number of para-hydroxylation sites is 1. The Labute approximate surface area is 150 Å². The largest absolute Gasteiger partial charge is 0.360 e. The summed E-state index contributed by atoms with van der Waals surface area (Å²) in [4.78, 5) is 12.6. The van der Waals surface area contributed by atoms with Crippen molar-refractivity contribution in [3.8, 4) is 11.3 Å². The number of hydrogen-bond acceptors (Lipinski definition) is 3. The summed E-state index contributed by atoms with van der Waals surface area (Å²) in [6.07, 6.45) is 1.97. The van der Waals surface area contributed by atoms with Crippen molar-refractivity contribution < 1.29 is 4.79 Å². The highest BCUT2D eigenvalue weighted by molar-refractivity contribution is 6.31. The zero-order valence-electron chi connectivity index (χ0n) is 13.7. The molecule has 1 aliphatic heterocycles. The molecular weight excluding hydrogens is 336 g/mol. The van der Waals surface area contributed by atoms with E-state index in [4.69, 9.17) is 11.6 Å². The normalized spacial score (nSPS) is 18.0. The highest BCUT2D eigenvalue weighted by Gasteiger charge is 2.36. The molecule has 3 aromatic rings. The third-order valence-electron chi connectivity index (χ3n) is 4.33. The number of carbonyl (C=O) groups is 1. The van der Waals surface area contributed by atoms with E-state index in [-0.39, 0.29) is 12.3 Å². The predicted octanol–water partition coefficient (Wildman–Crippen LogP) is 4.33. The summed E-state index contributed by atoms with van der Waals surface area (Å²) in [6.45, 7) is 1.96. The van der Waals surface area contributed by atoms with Crippen LogP contribution in [-0.4, -0.2) is 15.7 Å². The number of rotatable bonds is 3. The van der Waals surface area contributed by atoms with E-state index < -0.39 is 5.66 Å². The second-order valence-corrected chi connectivity index (χ2v) is 6.74. The van der Waals surface area contributed by atoms with Crippen LogP contribution >= 0.6 is 11.6 Å². The average molecular weight is 353 g/mol. The van der Waals surface area contributed by atoms with Crippen molar-refractivity contribution in [1.82, 2.24) is 9.78 Å². The van der Waals surface area contributed by atoms with Gasteiger partial charge in [-0.25, -0.2) is 4.68 Å². The van der Waals surface area contributed by atoms with E-state index >= 15 is 0 Å². The smallest absolute Gasteiger partial charge is 0.228 e. The van der Waals surface area contributed by atoms with E-state index in [0.29, 0.717) is 5.02 Å². The van der Waals surface area contributed by atoms with Crippen LogP contribution in [0, 0.1) is 0 Å². The minimum atomic E-state index is -0.685. The van der Waals surface area contributed by atoms with Crippen LogP contribution in [0.3, 0.4) is 0 Å². The predicted molar refractivity (Wildman–Crippen MR) is 99.6 cm³/mol. The molecule has 0 aliphatic carbocycles. The van der Waals surface area contributed by atoms with E-state index in [2.05, 4.69) is 15.7 Å². The molecule has 2 aromatic carbocycles. The van der Waals surface area contributed by atoms with Crippen molar-refractivity contribution in [3.63, 3.8) is 0 Å². The molecule has 1 aromatic heterocycles. The fraction of sp³-hybridized carbons (Fsp3) is 0.158. The van der Waals surface area contributed by atoms with E-state index in [9.17, 15) is 4.79 Å². The maximum Gasteiger partial charge on any atom is 0.228 e. The highest BCUT2D eigenvalue weighted by atomic mass is 35.5. The fourth-order valence-corrected chi connectivity index (χ4v) is 3.42. The Morgan fingerprint density at radius 2 is 2.04 bits per heavy atom. The minimum absolute atomic E-state index is 0.0897. The molecule has 0 radical (unpaired) electrons. The van der Waals surface area contributed by atoms with Crippen LogP contribution in [-0.2, 0) is 10.5 Å². The van der Waals surface area contributed by atoms with Crippen LogP contribution in [0.4, 0.5) is 11.4 Å². The second kappa shape index (κ2) is 5.93. The lowest BCUT2D eigenvalue weighted by Gasteiger charge is -2.38. The van der Waals surface area contributed by atoms with Crippen molar-refractivity contribution in [1.29, 1.82) is 0 Å². The van der Waals surface area contributed by atoms with Crippen LogP contribution in [0.15, 0.2) is 60.8 Å². The van der Waals surface area contributed by atoms with Gasteiger partial charge in [0.2, 0.25) is 5.91 Å². The Morgan fingerprint density at radius 3 is 2.84 bits per heavy atom. The van der Waals surface area contributed by atoms with Crippen molar-refractivity contribution in [3.05, 3.63) is 65.8 Å². The number of halogens is 1. The van der Waals surface area contributed by atoms with E-state index in [0.717, 1.165) is 22.6 Å². The van der Waals surface area contributed by atoms with Crippen LogP contribution in [0.2, 0.25) is 5.02 Å². The van der Waals surface area contributed by atoms with Gasteiger partial charge in [0.05, 0.1) is 12.1 Å². The molecule has 2 heterocycles. The van der Waals surface area contributed by atoms with E-state index in [1.165, 1.54) is 0 Å². The summed E-state index contributed by atoms with van der Waals surface area (Å²) in [6, 6.07) is 17.1. The molecule has 2 N–H and O–H groups in total. The van der Waals surface area contributed by atoms with Gasteiger partial charge in [-0.2, -0.15) is 5.10 Å². The fourth-order valence-electron chi connectivity index (χ4n) is 3.25. The van der Waals surface area contributed by atoms with Gasteiger partial charge in [-0.05, 0) is 43.3 Å². The lowest BCUT2D eigenvalue weighted by atomic mass is 9.99. The first-order chi connectivity index (χ1) is 12.0. The number of hydrogen-bond donors (Lipinski definition) is 2. The van der Waals surface area contributed by atoms with Crippen molar-refractivity contribution in [2.75, 3.05) is 10.6 Å². The Balaban J connectivity index is 1.64. The Morgan fingerprint density at radius 1 is 1.24 bits per heavy atom. The summed E-state index contributed by atoms with van der Waals surface area (Å²) in [7, 11) is 0. The third kappa shape index (κ3) is 2.87. The molecule has 1 amide bonds. The van der Waals surface area contributed by atoms with Gasteiger partial charge in [-0.3, -0.25) is 4.79 Å². The SMILES string of the molecule is CC1(CC(=O)Nc2ccccc2)Nc2cc(Cl)ccc2-c2ccnn21. The van der Waals surface area contributed by atoms with Gasteiger partial charge in [-0.15, -0.1) is 0 Å². The number of amides is 1. The molecule has 5 nitrogen and oxygen atoms in total. The molecular formula is C19H17ClN4O. The van der Waals surface area contributed by atoms with Crippen LogP contribution in [0.25, 0.3) is 11.3 Å². The summed E-state index contributed by atoms with van der Waals surface area (Å²) < 4.78 is 1.85. The number of anilines is 2. The van der Waals surface area contributed by atoms with Gasteiger partial charge in [0.15, 0.2) is 0 Å². The third-order valence-corrected chi connectivity index (χ3v) is 4.57. The maximum atomic E-state index is 12.6. The molecule has 4 rings (SSSR count). The molecule has 0 spiro atoms. The number of benzene rings is 2. The second-order valence-electron chi connectivity index (χ2n) is 6.31. The Hall–Kier alpha value is -2.79. The highest BCUT2D eigenvalue weighted by Crippen LogP contribution is 2.40. The molecule has 1 unspecified atom stereocenters. The number of nitrogens with zero attached hydrogens (tertiary/aromatic N) is 2. The van der Waals surface area contributed by atoms with Crippen LogP contribution in [0.5, 0.6) is 0 Å². The molecule has 1 atom stereocenters. The van der Waals surface area contributed by atoms with Gasteiger partial charge in [0.25, 0.3) is 0 Å². The monoisotopic (exact) mass is 352 g/mol. The van der Waals surface area contributed by atoms with E-state index in [1.54, 1.807) is 6.20 Å². The lowest BCUT2D eigenvalue weighted by Crippen LogP contribution is -2.45. The molecule has 1 aliphatic rings. The first-order valence-corrected chi connectivity index (χ1v) is 8.40. The molecule has 0 saturated carbocycles. The Bertz CT molecular complexity index is 938. The molecule has 126 valence electrons. The number of aromatic nitrogens is 2. The minimum Gasteiger partial charge on any atom is -0.360 e. The topological polar surface area (TPSA) is 59.0 Å². The van der Waals surface area contributed by atoms with Gasteiger partial charge in [0, 0.05) is 28.2 Å². The summed E-state index contributed by atoms with van der Waals surface area (Å²) >= 11 is 6.14. The van der Waals surface area contributed by atoms with Gasteiger partial charge in [-0.1, -0.05) is 29.8 Å². The number of nitrogens with one attached hydrogen (secondary N) is 2. The standard InChI is InChI=1S/C19H17ClN4O/c1-19(12-18(25)22-14-5-3-2-4-6-14)23-16-11-13(20)7-8-15(16)17-9-10-21-24(17)19/h2-11,23H,12H2,1H3,(H,22,25). The van der Waals surface area contributed by atoms with Crippen LogP contribution in [0.1, 0.15) is 13.3 Å². The first kappa shape index (κ1) is 15.7. The van der Waals surface area contributed by atoms with Crippen molar-refractivity contribution in [2.24, 2.45) is 0 Å². The molecule has 0 fully saturated rings. The van der Waals surface area contributed by atoms with Crippen molar-refractivity contribution >= 4 is 28.9 Å². The summed E-state index contributed by atoms with van der Waals surface area (Å²) in [5.41, 5.74) is 2.96. The van der Waals surface area contributed by atoms with Gasteiger partial charge < -0.3 is 10.6 Å². The molecule has 0 saturated heterocycles.